The van der Waals surface area contributed by atoms with E-state index < -0.39 is 0 Å². The second-order valence-electron chi connectivity index (χ2n) is 5.03. The van der Waals surface area contributed by atoms with Crippen molar-refractivity contribution in [3.63, 3.8) is 0 Å². The van der Waals surface area contributed by atoms with Crippen LogP contribution in [-0.2, 0) is 19.4 Å². The van der Waals surface area contributed by atoms with Crippen molar-refractivity contribution in [2.75, 3.05) is 5.73 Å². The molecular formula is C12H20N6O. The summed E-state index contributed by atoms with van der Waals surface area (Å²) in [6.07, 6.45) is 2.64. The summed E-state index contributed by atoms with van der Waals surface area (Å²) >= 11 is 0. The Labute approximate surface area is 112 Å². The topological polar surface area (TPSA) is 95.7 Å². The zero-order valence-corrected chi connectivity index (χ0v) is 11.6. The number of hydrogen-bond donors (Lipinski definition) is 1. The maximum absolute atomic E-state index is 5.79. The number of nitrogens with two attached hydrogens (primary N) is 1. The standard InChI is InChI=1S/C12H20N6O/c1-4-5-9-12(13)15-17-18(9)7-11-14-10(16-19-11)6-8(2)3/h8H,4-7,13H2,1-3H3. The van der Waals surface area contributed by atoms with Crippen LogP contribution in [0.3, 0.4) is 0 Å². The molecule has 7 nitrogen and oxygen atoms in total. The highest BCUT2D eigenvalue weighted by atomic mass is 16.5. The van der Waals surface area contributed by atoms with Crippen LogP contribution in [0.5, 0.6) is 0 Å². The Morgan fingerprint density at radius 3 is 2.84 bits per heavy atom. The lowest BCUT2D eigenvalue weighted by Crippen LogP contribution is -2.08. The van der Waals surface area contributed by atoms with Crippen LogP contribution in [-0.4, -0.2) is 25.1 Å². The molecule has 7 heteroatoms. The van der Waals surface area contributed by atoms with Gasteiger partial charge in [-0.05, 0) is 12.3 Å². The first-order chi connectivity index (χ1) is 9.10. The Hall–Kier alpha value is -1.92. The van der Waals surface area contributed by atoms with Gasteiger partial charge in [0, 0.05) is 6.42 Å². The molecule has 104 valence electrons. The van der Waals surface area contributed by atoms with Gasteiger partial charge in [0.15, 0.2) is 11.6 Å². The highest BCUT2D eigenvalue weighted by Gasteiger charge is 2.13. The summed E-state index contributed by atoms with van der Waals surface area (Å²) in [6.45, 7) is 6.75. The number of nitrogens with zero attached hydrogens (tertiary/aromatic N) is 5. The molecule has 0 spiro atoms. The molecule has 0 aliphatic rings. The summed E-state index contributed by atoms with van der Waals surface area (Å²) in [5, 5.41) is 11.9. The average molecular weight is 264 g/mol. The molecule has 2 heterocycles. The maximum atomic E-state index is 5.79. The van der Waals surface area contributed by atoms with Crippen molar-refractivity contribution in [2.24, 2.45) is 5.92 Å². The first-order valence-corrected chi connectivity index (χ1v) is 6.59. The van der Waals surface area contributed by atoms with E-state index in [9.17, 15) is 0 Å². The van der Waals surface area contributed by atoms with Crippen LogP contribution in [0, 0.1) is 5.92 Å². The predicted molar refractivity (Wildman–Crippen MR) is 70.4 cm³/mol. The Morgan fingerprint density at radius 1 is 1.37 bits per heavy atom. The molecule has 0 atom stereocenters. The summed E-state index contributed by atoms with van der Waals surface area (Å²) in [5.41, 5.74) is 6.71. The van der Waals surface area contributed by atoms with E-state index >= 15 is 0 Å². The molecule has 0 aliphatic carbocycles. The summed E-state index contributed by atoms with van der Waals surface area (Å²) in [6, 6.07) is 0. The maximum Gasteiger partial charge on any atom is 0.248 e. The van der Waals surface area contributed by atoms with Gasteiger partial charge in [0.1, 0.15) is 6.54 Å². The number of aromatic nitrogens is 5. The number of rotatable bonds is 6. The fraction of sp³-hybridized carbons (Fsp3) is 0.667. The molecule has 0 unspecified atom stereocenters. The molecule has 2 rings (SSSR count). The van der Waals surface area contributed by atoms with E-state index in [4.69, 9.17) is 10.3 Å². The molecule has 0 aliphatic heterocycles. The zero-order chi connectivity index (χ0) is 13.8. The molecular weight excluding hydrogens is 244 g/mol. The zero-order valence-electron chi connectivity index (χ0n) is 11.6. The van der Waals surface area contributed by atoms with Gasteiger partial charge in [0.25, 0.3) is 0 Å². The molecule has 2 aromatic rings. The number of nitrogen functional groups attached to an aromatic ring is 1. The minimum atomic E-state index is 0.421. The first kappa shape index (κ1) is 13.5. The first-order valence-electron chi connectivity index (χ1n) is 6.59. The van der Waals surface area contributed by atoms with E-state index in [1.54, 1.807) is 4.68 Å². The lowest BCUT2D eigenvalue weighted by atomic mass is 10.1. The van der Waals surface area contributed by atoms with Gasteiger partial charge in [-0.25, -0.2) is 4.68 Å². The lowest BCUT2D eigenvalue weighted by Gasteiger charge is -2.02. The minimum Gasteiger partial charge on any atom is -0.381 e. The van der Waals surface area contributed by atoms with Crippen molar-refractivity contribution in [3.8, 4) is 0 Å². The van der Waals surface area contributed by atoms with E-state index in [1.807, 2.05) is 0 Å². The molecule has 0 fully saturated rings. The van der Waals surface area contributed by atoms with Gasteiger partial charge in [-0.2, -0.15) is 4.98 Å². The molecule has 0 amide bonds. The number of anilines is 1. The molecule has 2 aromatic heterocycles. The van der Waals surface area contributed by atoms with Gasteiger partial charge < -0.3 is 10.3 Å². The molecule has 0 saturated carbocycles. The Morgan fingerprint density at radius 2 is 2.16 bits per heavy atom. The van der Waals surface area contributed by atoms with E-state index in [2.05, 4.69) is 41.2 Å². The molecule has 0 bridgehead atoms. The summed E-state index contributed by atoms with van der Waals surface area (Å²) < 4.78 is 6.95. The number of hydrogen-bond acceptors (Lipinski definition) is 6. The van der Waals surface area contributed by atoms with Gasteiger partial charge in [0.2, 0.25) is 5.89 Å². The average Bonchev–Trinajstić information content (AvgIpc) is 2.90. The lowest BCUT2D eigenvalue weighted by molar-refractivity contribution is 0.356. The second-order valence-corrected chi connectivity index (χ2v) is 5.03. The van der Waals surface area contributed by atoms with Crippen LogP contribution in [0.15, 0.2) is 4.52 Å². The highest BCUT2D eigenvalue weighted by molar-refractivity contribution is 5.33. The Bertz CT molecular complexity index is 530. The second kappa shape index (κ2) is 5.81. The highest BCUT2D eigenvalue weighted by Crippen LogP contribution is 2.12. The van der Waals surface area contributed by atoms with Crippen LogP contribution < -0.4 is 5.73 Å². The van der Waals surface area contributed by atoms with Crippen molar-refractivity contribution >= 4 is 5.82 Å². The van der Waals surface area contributed by atoms with Crippen LogP contribution in [0.25, 0.3) is 0 Å². The van der Waals surface area contributed by atoms with Crippen molar-refractivity contribution in [2.45, 2.75) is 46.6 Å². The van der Waals surface area contributed by atoms with Gasteiger partial charge in [-0.3, -0.25) is 0 Å². The largest absolute Gasteiger partial charge is 0.381 e. The van der Waals surface area contributed by atoms with Gasteiger partial charge in [-0.1, -0.05) is 37.6 Å². The summed E-state index contributed by atoms with van der Waals surface area (Å²) in [4.78, 5) is 4.35. The molecule has 19 heavy (non-hydrogen) atoms. The van der Waals surface area contributed by atoms with Gasteiger partial charge in [-0.15, -0.1) is 5.10 Å². The third kappa shape index (κ3) is 3.30. The van der Waals surface area contributed by atoms with Crippen LogP contribution >= 0.6 is 0 Å². The quantitative estimate of drug-likeness (QED) is 0.848. The molecule has 0 aromatic carbocycles. The molecule has 0 saturated heterocycles. The molecule has 0 radical (unpaired) electrons. The summed E-state index contributed by atoms with van der Waals surface area (Å²) in [7, 11) is 0. The van der Waals surface area contributed by atoms with Gasteiger partial charge in [0.05, 0.1) is 5.69 Å². The molecule has 2 N–H and O–H groups in total. The fourth-order valence-corrected chi connectivity index (χ4v) is 1.90. The van der Waals surface area contributed by atoms with Crippen LogP contribution in [0.2, 0.25) is 0 Å². The Kier molecular flexibility index (Phi) is 4.13. The van der Waals surface area contributed by atoms with E-state index in [-0.39, 0.29) is 0 Å². The van der Waals surface area contributed by atoms with E-state index in [1.165, 1.54) is 0 Å². The monoisotopic (exact) mass is 264 g/mol. The van der Waals surface area contributed by atoms with Crippen molar-refractivity contribution in [3.05, 3.63) is 17.4 Å². The van der Waals surface area contributed by atoms with Crippen LogP contribution in [0.1, 0.15) is 44.6 Å². The fourth-order valence-electron chi connectivity index (χ4n) is 1.90. The van der Waals surface area contributed by atoms with Crippen LogP contribution in [0.4, 0.5) is 5.82 Å². The SMILES string of the molecule is CCCc1c(N)nnn1Cc1nc(CC(C)C)no1. The van der Waals surface area contributed by atoms with E-state index in [0.29, 0.717) is 24.2 Å². The third-order valence-corrected chi connectivity index (χ3v) is 2.74. The Balaban J connectivity index is 2.10. The van der Waals surface area contributed by atoms with Crippen molar-refractivity contribution in [1.82, 2.24) is 25.1 Å². The smallest absolute Gasteiger partial charge is 0.248 e. The van der Waals surface area contributed by atoms with Crippen molar-refractivity contribution in [1.29, 1.82) is 0 Å². The van der Waals surface area contributed by atoms with E-state index in [0.717, 1.165) is 30.8 Å². The van der Waals surface area contributed by atoms with Crippen molar-refractivity contribution < 1.29 is 4.52 Å². The van der Waals surface area contributed by atoms with Gasteiger partial charge >= 0.3 is 0 Å². The third-order valence-electron chi connectivity index (χ3n) is 2.74. The minimum absolute atomic E-state index is 0.421. The normalized spacial score (nSPS) is 11.4. The predicted octanol–water partition coefficient (Wildman–Crippen LogP) is 1.44. The summed E-state index contributed by atoms with van der Waals surface area (Å²) in [5.74, 6) is 2.25.